The number of hydrogen-bond donors (Lipinski definition) is 2. The summed E-state index contributed by atoms with van der Waals surface area (Å²) in [6, 6.07) is 2.40. The molecule has 0 aliphatic heterocycles. The molecule has 0 unspecified atom stereocenters. The molecule has 1 aliphatic rings. The van der Waals surface area contributed by atoms with Crippen LogP contribution in [-0.2, 0) is 11.2 Å². The summed E-state index contributed by atoms with van der Waals surface area (Å²) in [6.07, 6.45) is 8.47. The maximum atomic E-state index is 5.88. The van der Waals surface area contributed by atoms with Crippen molar-refractivity contribution >= 4 is 5.82 Å². The molecule has 1 aliphatic carbocycles. The molecule has 1 aromatic heterocycles. The first-order valence-corrected chi connectivity index (χ1v) is 7.70. The van der Waals surface area contributed by atoms with E-state index in [1.807, 2.05) is 6.07 Å². The van der Waals surface area contributed by atoms with E-state index >= 15 is 0 Å². The van der Waals surface area contributed by atoms with Crippen molar-refractivity contribution in [3.05, 3.63) is 18.1 Å². The molecule has 1 heterocycles. The van der Waals surface area contributed by atoms with Crippen LogP contribution in [-0.4, -0.2) is 35.3 Å². The quantitative estimate of drug-likeness (QED) is 0.747. The topological polar surface area (TPSA) is 73.1 Å². The number of aryl methyl sites for hydroxylation is 1. The fourth-order valence-electron chi connectivity index (χ4n) is 2.55. The predicted molar refractivity (Wildman–Crippen MR) is 80.7 cm³/mol. The normalized spacial score (nSPS) is 22.7. The number of aromatic nitrogens is 2. The Kier molecular flexibility index (Phi) is 6.21. The fourth-order valence-corrected chi connectivity index (χ4v) is 2.55. The van der Waals surface area contributed by atoms with Crippen LogP contribution in [0.15, 0.2) is 12.4 Å². The van der Waals surface area contributed by atoms with E-state index in [9.17, 15) is 0 Å². The second kappa shape index (κ2) is 8.17. The molecular formula is C15H26N4O. The summed E-state index contributed by atoms with van der Waals surface area (Å²) in [5.74, 6) is 0.887. The van der Waals surface area contributed by atoms with Gasteiger partial charge in [-0.2, -0.15) is 0 Å². The number of rotatable bonds is 7. The molecule has 1 aromatic rings. The smallest absolute Gasteiger partial charge is 0.129 e. The van der Waals surface area contributed by atoms with Gasteiger partial charge in [0.2, 0.25) is 0 Å². The molecule has 20 heavy (non-hydrogen) atoms. The summed E-state index contributed by atoms with van der Waals surface area (Å²) in [5, 5.41) is 3.29. The first kappa shape index (κ1) is 15.2. The number of nitrogens with two attached hydrogens (primary N) is 1. The molecule has 0 spiro atoms. The molecule has 0 saturated heterocycles. The van der Waals surface area contributed by atoms with Gasteiger partial charge in [-0.15, -0.1) is 0 Å². The zero-order valence-electron chi connectivity index (χ0n) is 12.3. The molecule has 0 aromatic carbocycles. The van der Waals surface area contributed by atoms with Gasteiger partial charge in [0.1, 0.15) is 12.1 Å². The van der Waals surface area contributed by atoms with Crippen molar-refractivity contribution in [2.75, 3.05) is 18.5 Å². The van der Waals surface area contributed by atoms with Crippen LogP contribution in [0.1, 0.15) is 44.7 Å². The van der Waals surface area contributed by atoms with Gasteiger partial charge in [-0.25, -0.2) is 9.97 Å². The van der Waals surface area contributed by atoms with Gasteiger partial charge in [-0.1, -0.05) is 13.3 Å². The second-order valence-electron chi connectivity index (χ2n) is 5.48. The monoisotopic (exact) mass is 278 g/mol. The highest BCUT2D eigenvalue weighted by atomic mass is 16.5. The van der Waals surface area contributed by atoms with Crippen LogP contribution in [0, 0.1) is 0 Å². The van der Waals surface area contributed by atoms with Crippen LogP contribution in [0.4, 0.5) is 5.82 Å². The summed E-state index contributed by atoms with van der Waals surface area (Å²) in [4.78, 5) is 8.47. The molecule has 0 amide bonds. The van der Waals surface area contributed by atoms with Crippen LogP contribution < -0.4 is 11.1 Å². The van der Waals surface area contributed by atoms with E-state index < -0.39 is 0 Å². The van der Waals surface area contributed by atoms with Crippen LogP contribution in [0.3, 0.4) is 0 Å². The van der Waals surface area contributed by atoms with Crippen LogP contribution >= 0.6 is 0 Å². The highest BCUT2D eigenvalue weighted by Crippen LogP contribution is 2.19. The lowest BCUT2D eigenvalue weighted by Gasteiger charge is -2.26. The van der Waals surface area contributed by atoms with E-state index in [1.54, 1.807) is 6.33 Å². The van der Waals surface area contributed by atoms with Gasteiger partial charge in [0.25, 0.3) is 0 Å². The summed E-state index contributed by atoms with van der Waals surface area (Å²) < 4.78 is 5.87. The lowest BCUT2D eigenvalue weighted by Crippen LogP contribution is -2.31. The van der Waals surface area contributed by atoms with Gasteiger partial charge in [0, 0.05) is 24.3 Å². The number of nitrogens with one attached hydrogen (secondary N) is 1. The average Bonchev–Trinajstić information content (AvgIpc) is 2.46. The predicted octanol–water partition coefficient (Wildman–Crippen LogP) is 2.13. The molecule has 3 N–H and O–H groups in total. The Morgan fingerprint density at radius 1 is 1.30 bits per heavy atom. The summed E-state index contributed by atoms with van der Waals surface area (Å²) >= 11 is 0. The zero-order valence-corrected chi connectivity index (χ0v) is 12.3. The summed E-state index contributed by atoms with van der Waals surface area (Å²) in [7, 11) is 0. The Hall–Kier alpha value is -1.20. The Morgan fingerprint density at radius 3 is 2.85 bits per heavy atom. The first-order valence-electron chi connectivity index (χ1n) is 7.70. The minimum Gasteiger partial charge on any atom is -0.376 e. The highest BCUT2D eigenvalue weighted by molar-refractivity contribution is 5.34. The largest absolute Gasteiger partial charge is 0.376 e. The average molecular weight is 278 g/mol. The third kappa shape index (κ3) is 5.06. The maximum absolute atomic E-state index is 5.88. The molecule has 5 heteroatoms. The van der Waals surface area contributed by atoms with Crippen molar-refractivity contribution in [1.82, 2.24) is 9.97 Å². The minimum atomic E-state index is 0.381. The van der Waals surface area contributed by atoms with E-state index in [2.05, 4.69) is 22.2 Å². The molecule has 1 saturated carbocycles. The van der Waals surface area contributed by atoms with E-state index in [-0.39, 0.29) is 0 Å². The van der Waals surface area contributed by atoms with E-state index in [0.717, 1.165) is 56.6 Å². The lowest BCUT2D eigenvalue weighted by atomic mass is 9.94. The Morgan fingerprint density at radius 2 is 2.10 bits per heavy atom. The van der Waals surface area contributed by atoms with Crippen molar-refractivity contribution in [2.45, 2.75) is 57.6 Å². The second-order valence-corrected chi connectivity index (χ2v) is 5.48. The van der Waals surface area contributed by atoms with Crippen LogP contribution in [0.2, 0.25) is 0 Å². The first-order chi connectivity index (χ1) is 9.78. The third-order valence-corrected chi connectivity index (χ3v) is 3.71. The van der Waals surface area contributed by atoms with Crippen molar-refractivity contribution < 1.29 is 4.74 Å². The standard InChI is InChI=1S/C15H26N4O/c1-2-3-13-10-15(19-11-18-13)17-8-9-20-14-6-4-12(16)5-7-14/h10-12,14H,2-9,16H2,1H3,(H,17,18,19). The molecular weight excluding hydrogens is 252 g/mol. The van der Waals surface area contributed by atoms with Crippen molar-refractivity contribution in [3.63, 3.8) is 0 Å². The number of anilines is 1. The van der Waals surface area contributed by atoms with Gasteiger partial charge < -0.3 is 15.8 Å². The van der Waals surface area contributed by atoms with Gasteiger partial charge in [0.05, 0.1) is 12.7 Å². The summed E-state index contributed by atoms with van der Waals surface area (Å²) in [5.41, 5.74) is 6.97. The van der Waals surface area contributed by atoms with Crippen molar-refractivity contribution in [2.24, 2.45) is 5.73 Å². The van der Waals surface area contributed by atoms with E-state index in [4.69, 9.17) is 10.5 Å². The Balaban J connectivity index is 1.64. The number of hydrogen-bond acceptors (Lipinski definition) is 5. The molecule has 0 bridgehead atoms. The third-order valence-electron chi connectivity index (χ3n) is 3.71. The van der Waals surface area contributed by atoms with Crippen LogP contribution in [0.5, 0.6) is 0 Å². The molecule has 0 radical (unpaired) electrons. The molecule has 0 atom stereocenters. The van der Waals surface area contributed by atoms with E-state index in [1.165, 1.54) is 0 Å². The van der Waals surface area contributed by atoms with Gasteiger partial charge >= 0.3 is 0 Å². The molecule has 2 rings (SSSR count). The Labute approximate surface area is 121 Å². The molecule has 1 fully saturated rings. The molecule has 112 valence electrons. The van der Waals surface area contributed by atoms with Gasteiger partial charge in [0.15, 0.2) is 0 Å². The number of ether oxygens (including phenoxy) is 1. The van der Waals surface area contributed by atoms with Crippen molar-refractivity contribution in [1.29, 1.82) is 0 Å². The summed E-state index contributed by atoms with van der Waals surface area (Å²) in [6.45, 7) is 3.65. The van der Waals surface area contributed by atoms with Crippen LogP contribution in [0.25, 0.3) is 0 Å². The van der Waals surface area contributed by atoms with Gasteiger partial charge in [-0.3, -0.25) is 0 Å². The van der Waals surface area contributed by atoms with Gasteiger partial charge in [-0.05, 0) is 32.1 Å². The maximum Gasteiger partial charge on any atom is 0.129 e. The highest BCUT2D eigenvalue weighted by Gasteiger charge is 2.18. The zero-order chi connectivity index (χ0) is 14.2. The van der Waals surface area contributed by atoms with E-state index in [0.29, 0.717) is 18.8 Å². The lowest BCUT2D eigenvalue weighted by molar-refractivity contribution is 0.0313. The SMILES string of the molecule is CCCc1cc(NCCOC2CCC(N)CC2)ncn1. The van der Waals surface area contributed by atoms with Crippen molar-refractivity contribution in [3.8, 4) is 0 Å². The molecule has 5 nitrogen and oxygen atoms in total. The fraction of sp³-hybridized carbons (Fsp3) is 0.733. The minimum absolute atomic E-state index is 0.381. The Bertz CT molecular complexity index is 391. The number of nitrogens with zero attached hydrogens (tertiary/aromatic N) is 2.